The first-order valence-corrected chi connectivity index (χ1v) is 15.7. The molecule has 4 heteroatoms. The maximum Gasteiger partial charge on any atom is 0.305 e. The molecule has 214 valence electrons. The Morgan fingerprint density at radius 3 is 0.972 bits per heavy atom. The van der Waals surface area contributed by atoms with Gasteiger partial charge < -0.3 is 9.47 Å². The summed E-state index contributed by atoms with van der Waals surface area (Å²) in [4.78, 5) is 23.5. The van der Waals surface area contributed by atoms with E-state index in [1.807, 2.05) is 0 Å². The number of ether oxygens (including phenoxy) is 2. The summed E-state index contributed by atoms with van der Waals surface area (Å²) in [7, 11) is 0. The van der Waals surface area contributed by atoms with E-state index in [-0.39, 0.29) is 11.9 Å². The molecule has 0 rings (SSSR count). The summed E-state index contributed by atoms with van der Waals surface area (Å²) in [6, 6.07) is 0. The molecule has 0 aliphatic rings. The second-order valence-electron chi connectivity index (χ2n) is 11.7. The molecule has 0 radical (unpaired) electrons. The quantitative estimate of drug-likeness (QED) is 0.0814. The monoisotopic (exact) mass is 510 g/mol. The zero-order chi connectivity index (χ0) is 26.7. The highest BCUT2D eigenvalue weighted by molar-refractivity contribution is 5.69. The fourth-order valence-corrected chi connectivity index (χ4v) is 4.49. The Balaban J connectivity index is 3.21. The van der Waals surface area contributed by atoms with Gasteiger partial charge in [-0.1, -0.05) is 118 Å². The van der Waals surface area contributed by atoms with Crippen LogP contribution in [0.25, 0.3) is 0 Å². The van der Waals surface area contributed by atoms with E-state index in [2.05, 4.69) is 27.7 Å². The predicted molar refractivity (Wildman–Crippen MR) is 153 cm³/mol. The lowest BCUT2D eigenvalue weighted by Crippen LogP contribution is -2.05. The van der Waals surface area contributed by atoms with Gasteiger partial charge in [-0.05, 0) is 50.4 Å². The second-order valence-corrected chi connectivity index (χ2v) is 11.7. The molecule has 36 heavy (non-hydrogen) atoms. The fourth-order valence-electron chi connectivity index (χ4n) is 4.49. The van der Waals surface area contributed by atoms with E-state index in [1.165, 1.54) is 77.0 Å². The Bertz CT molecular complexity index is 443. The van der Waals surface area contributed by atoms with Crippen molar-refractivity contribution in [1.82, 2.24) is 0 Å². The molecule has 0 fully saturated rings. The Morgan fingerprint density at radius 1 is 0.417 bits per heavy atom. The van der Waals surface area contributed by atoms with Crippen molar-refractivity contribution in [1.29, 1.82) is 0 Å². The van der Waals surface area contributed by atoms with E-state index >= 15 is 0 Å². The Labute approximate surface area is 225 Å². The van der Waals surface area contributed by atoms with Crippen LogP contribution in [0.4, 0.5) is 0 Å². The summed E-state index contributed by atoms with van der Waals surface area (Å²) >= 11 is 0. The number of rotatable bonds is 27. The van der Waals surface area contributed by atoms with E-state index in [9.17, 15) is 9.59 Å². The van der Waals surface area contributed by atoms with Gasteiger partial charge in [0.2, 0.25) is 0 Å². The summed E-state index contributed by atoms with van der Waals surface area (Å²) in [5, 5.41) is 0. The molecule has 0 aromatic carbocycles. The summed E-state index contributed by atoms with van der Waals surface area (Å²) in [5.74, 6) is 1.45. The first-order valence-electron chi connectivity index (χ1n) is 15.7. The van der Waals surface area contributed by atoms with Crippen molar-refractivity contribution in [3.05, 3.63) is 0 Å². The highest BCUT2D eigenvalue weighted by Crippen LogP contribution is 2.14. The number of unbranched alkanes of at least 4 members (excludes halogenated alkanes) is 15. The first-order chi connectivity index (χ1) is 17.4. The second kappa shape index (κ2) is 27.0. The van der Waals surface area contributed by atoms with E-state index < -0.39 is 0 Å². The molecular formula is C32H62O4. The van der Waals surface area contributed by atoms with Crippen molar-refractivity contribution in [2.24, 2.45) is 11.8 Å². The van der Waals surface area contributed by atoms with Crippen LogP contribution in [0.15, 0.2) is 0 Å². The van der Waals surface area contributed by atoms with E-state index in [0.717, 1.165) is 63.2 Å². The number of esters is 2. The maximum atomic E-state index is 11.7. The van der Waals surface area contributed by atoms with Crippen LogP contribution in [-0.2, 0) is 19.1 Å². The number of carbonyl (C=O) groups is 2. The maximum absolute atomic E-state index is 11.7. The largest absolute Gasteiger partial charge is 0.466 e. The van der Waals surface area contributed by atoms with Crippen LogP contribution in [-0.4, -0.2) is 25.2 Å². The molecule has 0 spiro atoms. The Hall–Kier alpha value is -1.06. The lowest BCUT2D eigenvalue weighted by atomic mass is 10.0. The lowest BCUT2D eigenvalue weighted by molar-refractivity contribution is -0.144. The van der Waals surface area contributed by atoms with Gasteiger partial charge in [-0.3, -0.25) is 9.59 Å². The van der Waals surface area contributed by atoms with E-state index in [4.69, 9.17) is 9.47 Å². The summed E-state index contributed by atoms with van der Waals surface area (Å²) in [6.07, 6.45) is 25.3. The van der Waals surface area contributed by atoms with Crippen LogP contribution < -0.4 is 0 Å². The molecule has 0 unspecified atom stereocenters. The van der Waals surface area contributed by atoms with Crippen molar-refractivity contribution < 1.29 is 19.1 Å². The smallest absolute Gasteiger partial charge is 0.305 e. The van der Waals surface area contributed by atoms with Crippen LogP contribution >= 0.6 is 0 Å². The minimum Gasteiger partial charge on any atom is -0.466 e. The standard InChI is InChI=1S/C32H62O4/c1-29(2)23-19-21-27-35-31(33)25-17-15-13-11-9-7-5-6-8-10-12-14-16-18-26-32(34)36-28-22-20-24-30(3)4/h29-30H,5-28H2,1-4H3. The molecule has 0 aromatic heterocycles. The normalized spacial score (nSPS) is 11.4. The van der Waals surface area contributed by atoms with Gasteiger partial charge in [0.25, 0.3) is 0 Å². The van der Waals surface area contributed by atoms with Gasteiger partial charge in [0.15, 0.2) is 0 Å². The van der Waals surface area contributed by atoms with Crippen LogP contribution in [0.2, 0.25) is 0 Å². The van der Waals surface area contributed by atoms with Crippen molar-refractivity contribution in [2.45, 2.75) is 169 Å². The molecule has 0 saturated heterocycles. The highest BCUT2D eigenvalue weighted by atomic mass is 16.5. The fraction of sp³-hybridized carbons (Fsp3) is 0.938. The molecule has 0 saturated carbocycles. The third-order valence-corrected chi connectivity index (χ3v) is 6.89. The first kappa shape index (κ1) is 34.9. The molecular weight excluding hydrogens is 448 g/mol. The zero-order valence-corrected chi connectivity index (χ0v) is 24.8. The van der Waals surface area contributed by atoms with Gasteiger partial charge in [-0.2, -0.15) is 0 Å². The average Bonchev–Trinajstić information content (AvgIpc) is 2.82. The van der Waals surface area contributed by atoms with E-state index in [1.54, 1.807) is 0 Å². The SMILES string of the molecule is CC(C)CCCCOC(=O)CCCCCCCCCCCCCCCCC(=O)OCCCCC(C)C. The summed E-state index contributed by atoms with van der Waals surface area (Å²) in [5.41, 5.74) is 0. The molecule has 0 aliphatic heterocycles. The molecule has 0 aromatic rings. The molecule has 0 N–H and O–H groups in total. The van der Waals surface area contributed by atoms with Gasteiger partial charge in [-0.15, -0.1) is 0 Å². The Kier molecular flexibility index (Phi) is 26.2. The van der Waals surface area contributed by atoms with Crippen LogP contribution in [0.3, 0.4) is 0 Å². The summed E-state index contributed by atoms with van der Waals surface area (Å²) < 4.78 is 10.6. The molecule has 0 atom stereocenters. The third kappa shape index (κ3) is 29.2. The number of hydrogen-bond donors (Lipinski definition) is 0. The van der Waals surface area contributed by atoms with Crippen molar-refractivity contribution >= 4 is 11.9 Å². The lowest BCUT2D eigenvalue weighted by Gasteiger charge is -2.06. The highest BCUT2D eigenvalue weighted by Gasteiger charge is 2.04. The molecule has 0 heterocycles. The molecule has 0 aliphatic carbocycles. The predicted octanol–water partition coefficient (Wildman–Crippen LogP) is 9.97. The minimum atomic E-state index is -0.00930. The zero-order valence-electron chi connectivity index (χ0n) is 24.8. The number of carbonyl (C=O) groups excluding carboxylic acids is 2. The van der Waals surface area contributed by atoms with E-state index in [0.29, 0.717) is 26.1 Å². The third-order valence-electron chi connectivity index (χ3n) is 6.89. The van der Waals surface area contributed by atoms with Gasteiger partial charge in [0.1, 0.15) is 0 Å². The van der Waals surface area contributed by atoms with Crippen LogP contribution in [0.1, 0.15) is 169 Å². The van der Waals surface area contributed by atoms with Crippen molar-refractivity contribution in [2.75, 3.05) is 13.2 Å². The summed E-state index contributed by atoms with van der Waals surface area (Å²) in [6.45, 7) is 10.1. The van der Waals surface area contributed by atoms with Gasteiger partial charge in [0.05, 0.1) is 13.2 Å². The van der Waals surface area contributed by atoms with Crippen molar-refractivity contribution in [3.8, 4) is 0 Å². The molecule has 0 amide bonds. The van der Waals surface area contributed by atoms with Crippen molar-refractivity contribution in [3.63, 3.8) is 0 Å². The van der Waals surface area contributed by atoms with Crippen LogP contribution in [0.5, 0.6) is 0 Å². The number of hydrogen-bond acceptors (Lipinski definition) is 4. The van der Waals surface area contributed by atoms with Gasteiger partial charge in [0, 0.05) is 12.8 Å². The average molecular weight is 511 g/mol. The van der Waals surface area contributed by atoms with Gasteiger partial charge in [-0.25, -0.2) is 0 Å². The van der Waals surface area contributed by atoms with Crippen LogP contribution in [0, 0.1) is 11.8 Å². The molecule has 4 nitrogen and oxygen atoms in total. The molecule has 0 bridgehead atoms. The van der Waals surface area contributed by atoms with Gasteiger partial charge >= 0.3 is 11.9 Å². The Morgan fingerprint density at radius 2 is 0.694 bits per heavy atom. The minimum absolute atomic E-state index is 0.00930. The topological polar surface area (TPSA) is 52.6 Å².